The van der Waals surface area contributed by atoms with Gasteiger partial charge >= 0.3 is 0 Å². The molecule has 4 aromatic rings. The smallest absolute Gasteiger partial charge is 0.222 e. The highest BCUT2D eigenvalue weighted by Crippen LogP contribution is 2.33. The molecule has 2 aromatic heterocycles. The van der Waals surface area contributed by atoms with Crippen LogP contribution < -0.4 is 0 Å². The van der Waals surface area contributed by atoms with E-state index in [-0.39, 0.29) is 5.91 Å². The Kier molecular flexibility index (Phi) is 4.70. The number of hydrogen-bond donors (Lipinski definition) is 0. The van der Waals surface area contributed by atoms with Gasteiger partial charge in [0.25, 0.3) is 0 Å². The Morgan fingerprint density at radius 3 is 2.67 bits per heavy atom. The number of thiazole rings is 1. The van der Waals surface area contributed by atoms with Crippen molar-refractivity contribution in [3.05, 3.63) is 52.9 Å². The molecule has 27 heavy (non-hydrogen) atoms. The first-order valence-electron chi connectivity index (χ1n) is 9.29. The van der Waals surface area contributed by atoms with Gasteiger partial charge in [0.15, 0.2) is 0 Å². The number of benzene rings is 2. The molecule has 2 heterocycles. The van der Waals surface area contributed by atoms with Crippen LogP contribution in [0.5, 0.6) is 0 Å². The number of nitrogens with zero attached hydrogens (tertiary/aromatic N) is 3. The van der Waals surface area contributed by atoms with Gasteiger partial charge in [0.1, 0.15) is 0 Å². The molecule has 0 spiro atoms. The molecular weight excluding hydrogens is 354 g/mol. The fourth-order valence-electron chi connectivity index (χ4n) is 3.73. The van der Waals surface area contributed by atoms with E-state index in [4.69, 9.17) is 0 Å². The van der Waals surface area contributed by atoms with Gasteiger partial charge in [-0.25, -0.2) is 4.98 Å². The summed E-state index contributed by atoms with van der Waals surface area (Å²) in [6.07, 6.45) is 0.535. The zero-order valence-electron chi connectivity index (χ0n) is 15.9. The van der Waals surface area contributed by atoms with Gasteiger partial charge in [-0.1, -0.05) is 25.1 Å². The van der Waals surface area contributed by atoms with Gasteiger partial charge in [-0.05, 0) is 30.7 Å². The van der Waals surface area contributed by atoms with Crippen molar-refractivity contribution in [3.63, 3.8) is 0 Å². The summed E-state index contributed by atoms with van der Waals surface area (Å²) in [5, 5.41) is 4.57. The van der Waals surface area contributed by atoms with Crippen LogP contribution in [-0.2, 0) is 17.9 Å². The normalized spacial score (nSPS) is 11.4. The second kappa shape index (κ2) is 7.16. The Morgan fingerprint density at radius 2 is 1.96 bits per heavy atom. The van der Waals surface area contributed by atoms with Crippen LogP contribution in [0.2, 0.25) is 0 Å². The van der Waals surface area contributed by atoms with Gasteiger partial charge in [-0.15, -0.1) is 11.3 Å². The first kappa shape index (κ1) is 17.7. The van der Waals surface area contributed by atoms with Crippen molar-refractivity contribution in [3.8, 4) is 11.3 Å². The second-order valence-corrected chi connectivity index (χ2v) is 7.52. The number of carbonyl (C=O) groups is 1. The lowest BCUT2D eigenvalue weighted by atomic mass is 10.1. The summed E-state index contributed by atoms with van der Waals surface area (Å²) in [5.41, 5.74) is 7.66. The molecule has 0 saturated heterocycles. The van der Waals surface area contributed by atoms with Crippen molar-refractivity contribution in [2.24, 2.45) is 0 Å². The predicted octanol–water partition coefficient (Wildman–Crippen LogP) is 5.31. The predicted molar refractivity (Wildman–Crippen MR) is 113 cm³/mol. The van der Waals surface area contributed by atoms with Crippen LogP contribution in [0.3, 0.4) is 0 Å². The minimum absolute atomic E-state index is 0.166. The highest BCUT2D eigenvalue weighted by molar-refractivity contribution is 7.07. The summed E-state index contributed by atoms with van der Waals surface area (Å²) in [6.45, 7) is 5.62. The SMILES string of the molecule is CCC(=O)N(C)Cc1ccc2c(c1)c1ccc(-c3cscn3)cc1n2CC. The lowest BCUT2D eigenvalue weighted by Gasteiger charge is -2.16. The summed E-state index contributed by atoms with van der Waals surface area (Å²) in [6, 6.07) is 13.1. The van der Waals surface area contributed by atoms with Crippen molar-refractivity contribution < 1.29 is 4.79 Å². The molecule has 2 aromatic carbocycles. The number of aryl methyl sites for hydroxylation is 1. The largest absolute Gasteiger partial charge is 0.341 e. The highest BCUT2D eigenvalue weighted by Gasteiger charge is 2.13. The van der Waals surface area contributed by atoms with E-state index in [1.54, 1.807) is 16.2 Å². The third-order valence-corrected chi connectivity index (χ3v) is 5.71. The lowest BCUT2D eigenvalue weighted by Crippen LogP contribution is -2.25. The Hall–Kier alpha value is -2.66. The molecule has 0 N–H and O–H groups in total. The van der Waals surface area contributed by atoms with E-state index in [0.717, 1.165) is 23.4 Å². The van der Waals surface area contributed by atoms with E-state index >= 15 is 0 Å². The monoisotopic (exact) mass is 377 g/mol. The fourth-order valence-corrected chi connectivity index (χ4v) is 4.29. The number of rotatable bonds is 5. The van der Waals surface area contributed by atoms with Crippen molar-refractivity contribution in [2.45, 2.75) is 33.4 Å². The maximum Gasteiger partial charge on any atom is 0.222 e. The van der Waals surface area contributed by atoms with Crippen molar-refractivity contribution >= 4 is 39.0 Å². The molecule has 0 aliphatic carbocycles. The first-order chi connectivity index (χ1) is 13.1. The molecule has 4 nitrogen and oxygen atoms in total. The Morgan fingerprint density at radius 1 is 1.11 bits per heavy atom. The highest BCUT2D eigenvalue weighted by atomic mass is 32.1. The maximum atomic E-state index is 11.9. The molecule has 0 aliphatic heterocycles. The van der Waals surface area contributed by atoms with E-state index in [1.807, 2.05) is 19.5 Å². The van der Waals surface area contributed by atoms with Crippen molar-refractivity contribution in [2.75, 3.05) is 7.05 Å². The second-order valence-electron chi connectivity index (χ2n) is 6.80. The number of amides is 1. The average Bonchev–Trinajstić information content (AvgIpc) is 3.32. The molecule has 4 rings (SSSR count). The number of carbonyl (C=O) groups excluding carboxylic acids is 1. The molecular formula is C22H23N3OS. The Labute approximate surface area is 163 Å². The number of aromatic nitrogens is 2. The molecule has 0 saturated carbocycles. The van der Waals surface area contributed by atoms with Crippen LogP contribution in [0.15, 0.2) is 47.3 Å². The topological polar surface area (TPSA) is 38.1 Å². The quantitative estimate of drug-likeness (QED) is 0.473. The van der Waals surface area contributed by atoms with Crippen LogP contribution in [0, 0.1) is 0 Å². The van der Waals surface area contributed by atoms with Gasteiger partial charge in [0, 0.05) is 59.3 Å². The van der Waals surface area contributed by atoms with Crippen LogP contribution in [0.25, 0.3) is 33.1 Å². The van der Waals surface area contributed by atoms with Gasteiger partial charge in [0.05, 0.1) is 11.2 Å². The molecule has 0 unspecified atom stereocenters. The van der Waals surface area contributed by atoms with E-state index in [1.165, 1.54) is 21.8 Å². The fraction of sp³-hybridized carbons (Fsp3) is 0.273. The maximum absolute atomic E-state index is 11.9. The zero-order valence-corrected chi connectivity index (χ0v) is 16.7. The summed E-state index contributed by atoms with van der Waals surface area (Å²) < 4.78 is 2.35. The van der Waals surface area contributed by atoms with Crippen molar-refractivity contribution in [1.82, 2.24) is 14.5 Å². The van der Waals surface area contributed by atoms with Crippen molar-refractivity contribution in [1.29, 1.82) is 0 Å². The van der Waals surface area contributed by atoms with E-state index in [2.05, 4.69) is 58.3 Å². The molecule has 0 aliphatic rings. The van der Waals surface area contributed by atoms with E-state index in [0.29, 0.717) is 13.0 Å². The molecule has 138 valence electrons. The molecule has 0 fully saturated rings. The Balaban J connectivity index is 1.83. The van der Waals surface area contributed by atoms with E-state index < -0.39 is 0 Å². The Bertz CT molecular complexity index is 1110. The first-order valence-corrected chi connectivity index (χ1v) is 10.2. The summed E-state index contributed by atoms with van der Waals surface area (Å²) in [4.78, 5) is 18.1. The molecule has 0 bridgehead atoms. The van der Waals surface area contributed by atoms with Gasteiger partial charge < -0.3 is 9.47 Å². The summed E-state index contributed by atoms with van der Waals surface area (Å²) in [7, 11) is 1.87. The number of fused-ring (bicyclic) bond motifs is 3. The zero-order chi connectivity index (χ0) is 19.0. The minimum atomic E-state index is 0.166. The van der Waals surface area contributed by atoms with Gasteiger partial charge in [0.2, 0.25) is 5.91 Å². The third-order valence-electron chi connectivity index (χ3n) is 5.12. The lowest BCUT2D eigenvalue weighted by molar-refractivity contribution is -0.130. The minimum Gasteiger partial charge on any atom is -0.341 e. The molecule has 0 radical (unpaired) electrons. The van der Waals surface area contributed by atoms with Gasteiger partial charge in [-0.2, -0.15) is 0 Å². The summed E-state index contributed by atoms with van der Waals surface area (Å²) in [5.74, 6) is 0.166. The molecule has 5 heteroatoms. The van der Waals surface area contributed by atoms with Crippen LogP contribution in [0.1, 0.15) is 25.8 Å². The third kappa shape index (κ3) is 3.12. The standard InChI is InChI=1S/C22H23N3OS/c1-4-22(26)24(3)12-15-6-9-20-18(10-15)17-8-7-16(19-13-27-14-23-19)11-21(17)25(20)5-2/h6-11,13-14H,4-5,12H2,1-3H3. The number of hydrogen-bond acceptors (Lipinski definition) is 3. The van der Waals surface area contributed by atoms with Crippen LogP contribution >= 0.6 is 11.3 Å². The summed E-state index contributed by atoms with van der Waals surface area (Å²) >= 11 is 1.62. The van der Waals surface area contributed by atoms with Gasteiger partial charge in [-0.3, -0.25) is 4.79 Å². The average molecular weight is 378 g/mol. The van der Waals surface area contributed by atoms with E-state index in [9.17, 15) is 4.79 Å². The molecule has 1 amide bonds. The van der Waals surface area contributed by atoms with Crippen LogP contribution in [0.4, 0.5) is 0 Å². The molecule has 0 atom stereocenters. The van der Waals surface area contributed by atoms with Crippen LogP contribution in [-0.4, -0.2) is 27.4 Å².